The monoisotopic (exact) mass is 230 g/mol. The fraction of sp³-hybridized carbons (Fsp3) is 1.00. The summed E-state index contributed by atoms with van der Waals surface area (Å²) in [5.41, 5.74) is 0. The predicted octanol–water partition coefficient (Wildman–Crippen LogP) is 3.53. The van der Waals surface area contributed by atoms with Gasteiger partial charge in [0.15, 0.2) is 0 Å². The van der Waals surface area contributed by atoms with Crippen molar-refractivity contribution >= 4 is 32.7 Å². The molecule has 9 heavy (non-hydrogen) atoms. The van der Waals surface area contributed by atoms with Gasteiger partial charge in [-0.2, -0.15) is 0 Å². The summed E-state index contributed by atoms with van der Waals surface area (Å²) < 4.78 is 0. The number of hydrogen-bond donors (Lipinski definition) is 0. The maximum absolute atomic E-state index is 5.67. The zero-order chi connectivity index (χ0) is 7.11. The minimum atomic E-state index is -1.32. The van der Waals surface area contributed by atoms with Crippen LogP contribution in [0.3, 0.4) is 0 Å². The molecule has 0 N–H and O–H groups in total. The molecule has 0 amide bonds. The molecule has 0 bridgehead atoms. The van der Waals surface area contributed by atoms with Crippen LogP contribution in [-0.4, -0.2) is 12.8 Å². The predicted molar refractivity (Wildman–Crippen MR) is 46.4 cm³/mol. The Bertz CT molecular complexity index is 57.0. The van der Waals surface area contributed by atoms with Gasteiger partial charge < -0.3 is 0 Å². The summed E-state index contributed by atoms with van der Waals surface area (Å²) in [5, 5.41) is 1.09. The molecular formula is C6H13AsCl2. The van der Waals surface area contributed by atoms with Crippen LogP contribution in [0.1, 0.15) is 32.6 Å². The van der Waals surface area contributed by atoms with Crippen LogP contribution in [0.25, 0.3) is 0 Å². The Morgan fingerprint density at radius 2 is 1.78 bits per heavy atom. The van der Waals surface area contributed by atoms with E-state index in [1.54, 1.807) is 0 Å². The first-order valence-corrected chi connectivity index (χ1v) is 9.62. The van der Waals surface area contributed by atoms with Gasteiger partial charge in [-0.3, -0.25) is 0 Å². The van der Waals surface area contributed by atoms with Crippen molar-refractivity contribution in [2.24, 2.45) is 0 Å². The summed E-state index contributed by atoms with van der Waals surface area (Å²) in [6.45, 7) is 2.21. The van der Waals surface area contributed by atoms with Crippen molar-refractivity contribution in [1.82, 2.24) is 0 Å². The average Bonchev–Trinajstić information content (AvgIpc) is 1.80. The number of unbranched alkanes of at least 4 members (excludes halogenated alkanes) is 3. The summed E-state index contributed by atoms with van der Waals surface area (Å²) >= 11 is -1.32. The van der Waals surface area contributed by atoms with Gasteiger partial charge in [-0.1, -0.05) is 0 Å². The fourth-order valence-corrected chi connectivity index (χ4v) is 2.87. The van der Waals surface area contributed by atoms with Crippen LogP contribution < -0.4 is 0 Å². The van der Waals surface area contributed by atoms with Crippen molar-refractivity contribution in [3.63, 3.8) is 0 Å². The number of rotatable bonds is 5. The van der Waals surface area contributed by atoms with Gasteiger partial charge in [0.2, 0.25) is 0 Å². The van der Waals surface area contributed by atoms with E-state index in [0.29, 0.717) is 0 Å². The molecular weight excluding hydrogens is 218 g/mol. The van der Waals surface area contributed by atoms with Gasteiger partial charge in [-0.25, -0.2) is 0 Å². The molecule has 0 saturated heterocycles. The van der Waals surface area contributed by atoms with Crippen molar-refractivity contribution in [1.29, 1.82) is 0 Å². The first-order chi connectivity index (χ1) is 4.27. The summed E-state index contributed by atoms with van der Waals surface area (Å²) in [7, 11) is 11.3. The molecule has 0 radical (unpaired) electrons. The third-order valence-electron chi connectivity index (χ3n) is 1.18. The van der Waals surface area contributed by atoms with E-state index < -0.39 is 12.8 Å². The SMILES string of the molecule is CCCCCC[As](Cl)Cl. The quantitative estimate of drug-likeness (QED) is 0.501. The molecule has 0 saturated carbocycles. The third-order valence-corrected chi connectivity index (χ3v) is 4.31. The van der Waals surface area contributed by atoms with E-state index in [-0.39, 0.29) is 0 Å². The minimum absolute atomic E-state index is 1.09. The number of halogens is 2. The molecule has 0 rings (SSSR count). The van der Waals surface area contributed by atoms with Crippen molar-refractivity contribution in [3.8, 4) is 0 Å². The Labute approximate surface area is 70.5 Å². The second-order valence-electron chi connectivity index (χ2n) is 2.09. The molecule has 0 aromatic heterocycles. The van der Waals surface area contributed by atoms with E-state index in [1.807, 2.05) is 0 Å². The molecule has 0 aliphatic carbocycles. The third kappa shape index (κ3) is 9.14. The van der Waals surface area contributed by atoms with E-state index in [1.165, 1.54) is 25.7 Å². The van der Waals surface area contributed by atoms with E-state index in [9.17, 15) is 0 Å². The molecule has 56 valence electrons. The van der Waals surface area contributed by atoms with Gasteiger partial charge in [-0.15, -0.1) is 0 Å². The van der Waals surface area contributed by atoms with Gasteiger partial charge in [0.05, 0.1) is 0 Å². The van der Waals surface area contributed by atoms with Crippen LogP contribution in [0.15, 0.2) is 0 Å². The summed E-state index contributed by atoms with van der Waals surface area (Å²) in [5.74, 6) is 0. The Morgan fingerprint density at radius 1 is 1.11 bits per heavy atom. The molecule has 0 heterocycles. The van der Waals surface area contributed by atoms with Gasteiger partial charge in [0.1, 0.15) is 0 Å². The molecule has 0 spiro atoms. The molecule has 0 atom stereocenters. The second kappa shape index (κ2) is 7.25. The Kier molecular flexibility index (Phi) is 8.16. The summed E-state index contributed by atoms with van der Waals surface area (Å²) in [6, 6.07) is 0. The molecule has 0 unspecified atom stereocenters. The van der Waals surface area contributed by atoms with Crippen LogP contribution in [0, 0.1) is 0 Å². The molecule has 0 aliphatic rings. The van der Waals surface area contributed by atoms with E-state index in [2.05, 4.69) is 6.92 Å². The van der Waals surface area contributed by atoms with Gasteiger partial charge in [0.25, 0.3) is 0 Å². The molecule has 3 heteroatoms. The van der Waals surface area contributed by atoms with Crippen LogP contribution in [0.5, 0.6) is 0 Å². The van der Waals surface area contributed by atoms with Crippen molar-refractivity contribution in [3.05, 3.63) is 0 Å². The molecule has 0 fully saturated rings. The standard InChI is InChI=1S/C6H13AsCl2/c1-2-3-4-5-6-7(8)9/h2-6H2,1H3. The zero-order valence-electron chi connectivity index (χ0n) is 5.74. The molecule has 0 nitrogen and oxygen atoms in total. The Hall–Kier alpha value is 1.14. The molecule has 0 aliphatic heterocycles. The molecule has 0 aromatic rings. The van der Waals surface area contributed by atoms with E-state index in [4.69, 9.17) is 19.9 Å². The van der Waals surface area contributed by atoms with Crippen LogP contribution in [-0.2, 0) is 0 Å². The zero-order valence-corrected chi connectivity index (χ0v) is 9.13. The fourth-order valence-electron chi connectivity index (χ4n) is 0.658. The summed E-state index contributed by atoms with van der Waals surface area (Å²) in [6.07, 6.45) is 5.16. The van der Waals surface area contributed by atoms with Gasteiger partial charge in [0, 0.05) is 0 Å². The van der Waals surface area contributed by atoms with Crippen LogP contribution in [0.4, 0.5) is 0 Å². The van der Waals surface area contributed by atoms with Gasteiger partial charge in [-0.05, 0) is 0 Å². The van der Waals surface area contributed by atoms with E-state index in [0.717, 1.165) is 5.21 Å². The summed E-state index contributed by atoms with van der Waals surface area (Å²) in [4.78, 5) is 0. The van der Waals surface area contributed by atoms with Crippen LogP contribution in [0.2, 0.25) is 5.21 Å². The van der Waals surface area contributed by atoms with Gasteiger partial charge >= 0.3 is 70.5 Å². The first-order valence-electron chi connectivity index (χ1n) is 3.36. The van der Waals surface area contributed by atoms with Crippen LogP contribution >= 0.6 is 19.9 Å². The first kappa shape index (κ1) is 10.1. The Morgan fingerprint density at radius 3 is 2.22 bits per heavy atom. The molecule has 0 aromatic carbocycles. The van der Waals surface area contributed by atoms with E-state index >= 15 is 0 Å². The normalized spacial score (nSPS) is 10.7. The van der Waals surface area contributed by atoms with Crippen molar-refractivity contribution in [2.45, 2.75) is 37.8 Å². The number of hydrogen-bond acceptors (Lipinski definition) is 0. The second-order valence-corrected chi connectivity index (χ2v) is 9.44. The topological polar surface area (TPSA) is 0 Å². The maximum atomic E-state index is 5.67. The Balaban J connectivity index is 2.75. The average molecular weight is 231 g/mol. The van der Waals surface area contributed by atoms with Crippen molar-refractivity contribution in [2.75, 3.05) is 0 Å². The van der Waals surface area contributed by atoms with Crippen molar-refractivity contribution < 1.29 is 0 Å².